The van der Waals surface area contributed by atoms with Gasteiger partial charge in [-0.15, -0.1) is 0 Å². The number of hydrogen-bond donors (Lipinski definition) is 0. The van der Waals surface area contributed by atoms with Gasteiger partial charge in [-0.05, 0) is 25.0 Å². The SMILES string of the molecule is O=C1N(c2ccc(F)c(F)c2)c2ncncc2C12CCCC2. The molecule has 2 aromatic rings. The van der Waals surface area contributed by atoms with Crippen molar-refractivity contribution < 1.29 is 13.6 Å². The van der Waals surface area contributed by atoms with Crippen molar-refractivity contribution in [2.45, 2.75) is 31.1 Å². The van der Waals surface area contributed by atoms with Crippen molar-refractivity contribution in [1.82, 2.24) is 9.97 Å². The van der Waals surface area contributed by atoms with Crippen LogP contribution in [0.2, 0.25) is 0 Å². The second-order valence-corrected chi connectivity index (χ2v) is 5.79. The van der Waals surface area contributed by atoms with Crippen LogP contribution in [0.4, 0.5) is 20.3 Å². The van der Waals surface area contributed by atoms with Crippen molar-refractivity contribution in [2.75, 3.05) is 4.90 Å². The number of carbonyl (C=O) groups excluding carboxylic acids is 1. The van der Waals surface area contributed by atoms with E-state index in [0.717, 1.165) is 43.4 Å². The predicted molar refractivity (Wildman–Crippen MR) is 75.7 cm³/mol. The molecule has 1 fully saturated rings. The lowest BCUT2D eigenvalue weighted by molar-refractivity contribution is -0.122. The van der Waals surface area contributed by atoms with Gasteiger partial charge in [-0.2, -0.15) is 0 Å². The van der Waals surface area contributed by atoms with Crippen LogP contribution < -0.4 is 4.90 Å². The van der Waals surface area contributed by atoms with E-state index >= 15 is 0 Å². The lowest BCUT2D eigenvalue weighted by atomic mass is 9.81. The molecule has 2 heterocycles. The highest BCUT2D eigenvalue weighted by Gasteiger charge is 2.53. The van der Waals surface area contributed by atoms with Crippen molar-refractivity contribution in [3.8, 4) is 0 Å². The quantitative estimate of drug-likeness (QED) is 0.812. The number of carbonyl (C=O) groups is 1. The molecule has 4 rings (SSSR count). The molecule has 2 aliphatic rings. The summed E-state index contributed by atoms with van der Waals surface area (Å²) in [4.78, 5) is 22.7. The molecule has 1 aliphatic heterocycles. The van der Waals surface area contributed by atoms with E-state index in [1.165, 1.54) is 17.3 Å². The fourth-order valence-electron chi connectivity index (χ4n) is 3.59. The number of rotatable bonds is 1. The first-order chi connectivity index (χ1) is 10.6. The third-order valence-electron chi connectivity index (χ3n) is 4.65. The molecule has 6 heteroatoms. The lowest BCUT2D eigenvalue weighted by Gasteiger charge is -2.22. The van der Waals surface area contributed by atoms with E-state index in [2.05, 4.69) is 9.97 Å². The number of nitrogens with zero attached hydrogens (tertiary/aromatic N) is 3. The normalized spacial score (nSPS) is 19.0. The summed E-state index contributed by atoms with van der Waals surface area (Å²) in [6.45, 7) is 0. The molecule has 1 amide bonds. The first-order valence-electron chi connectivity index (χ1n) is 7.23. The van der Waals surface area contributed by atoms with Crippen molar-refractivity contribution in [1.29, 1.82) is 0 Å². The van der Waals surface area contributed by atoms with Crippen LogP contribution in [0, 0.1) is 11.6 Å². The summed E-state index contributed by atoms with van der Waals surface area (Å²) in [5.74, 6) is -1.55. The molecule has 1 aliphatic carbocycles. The fourth-order valence-corrected chi connectivity index (χ4v) is 3.59. The Morgan fingerprint density at radius 1 is 1.14 bits per heavy atom. The molecule has 0 bridgehead atoms. The smallest absolute Gasteiger partial charge is 0.243 e. The van der Waals surface area contributed by atoms with E-state index in [9.17, 15) is 13.6 Å². The van der Waals surface area contributed by atoms with Crippen LogP contribution in [-0.4, -0.2) is 15.9 Å². The first-order valence-corrected chi connectivity index (χ1v) is 7.23. The van der Waals surface area contributed by atoms with Gasteiger partial charge in [-0.25, -0.2) is 18.7 Å². The van der Waals surface area contributed by atoms with Crippen LogP contribution in [-0.2, 0) is 10.2 Å². The second kappa shape index (κ2) is 4.56. The zero-order chi connectivity index (χ0) is 15.3. The highest BCUT2D eigenvalue weighted by atomic mass is 19.2. The highest BCUT2D eigenvalue weighted by Crippen LogP contribution is 2.52. The maximum Gasteiger partial charge on any atom is 0.243 e. The van der Waals surface area contributed by atoms with Gasteiger partial charge in [0.1, 0.15) is 12.1 Å². The van der Waals surface area contributed by atoms with E-state index in [1.807, 2.05) is 0 Å². The predicted octanol–water partition coefficient (Wildman–Crippen LogP) is 3.24. The number of halogens is 2. The summed E-state index contributed by atoms with van der Waals surface area (Å²) in [7, 11) is 0. The van der Waals surface area contributed by atoms with Gasteiger partial charge >= 0.3 is 0 Å². The Labute approximate surface area is 125 Å². The minimum Gasteiger partial charge on any atom is -0.273 e. The van der Waals surface area contributed by atoms with E-state index in [-0.39, 0.29) is 5.91 Å². The summed E-state index contributed by atoms with van der Waals surface area (Å²) < 4.78 is 26.7. The molecule has 0 N–H and O–H groups in total. The Bertz CT molecular complexity index is 772. The van der Waals surface area contributed by atoms with Crippen LogP contribution in [0.1, 0.15) is 31.2 Å². The molecular formula is C16H13F2N3O. The Morgan fingerprint density at radius 3 is 2.64 bits per heavy atom. The van der Waals surface area contributed by atoms with Crippen LogP contribution in [0.25, 0.3) is 0 Å². The molecule has 0 radical (unpaired) electrons. The van der Waals surface area contributed by atoms with Gasteiger partial charge in [-0.3, -0.25) is 9.69 Å². The van der Waals surface area contributed by atoms with Crippen LogP contribution in [0.5, 0.6) is 0 Å². The molecule has 112 valence electrons. The average Bonchev–Trinajstić information content (AvgIpc) is 3.10. The lowest BCUT2D eigenvalue weighted by Crippen LogP contribution is -2.36. The highest BCUT2D eigenvalue weighted by molar-refractivity contribution is 6.12. The van der Waals surface area contributed by atoms with Gasteiger partial charge in [0.25, 0.3) is 0 Å². The van der Waals surface area contributed by atoms with E-state index in [4.69, 9.17) is 0 Å². The zero-order valence-electron chi connectivity index (χ0n) is 11.7. The second-order valence-electron chi connectivity index (χ2n) is 5.79. The molecular weight excluding hydrogens is 288 g/mol. The Balaban J connectivity index is 1.90. The summed E-state index contributed by atoms with van der Waals surface area (Å²) in [6, 6.07) is 3.46. The molecule has 1 aromatic heterocycles. The molecule has 4 nitrogen and oxygen atoms in total. The molecule has 1 aromatic carbocycles. The van der Waals surface area contributed by atoms with Gasteiger partial charge in [0.2, 0.25) is 5.91 Å². The van der Waals surface area contributed by atoms with Crippen LogP contribution in [0.15, 0.2) is 30.7 Å². The van der Waals surface area contributed by atoms with Crippen molar-refractivity contribution in [3.05, 3.63) is 47.9 Å². The zero-order valence-corrected chi connectivity index (χ0v) is 11.7. The third kappa shape index (κ3) is 1.63. The Kier molecular flexibility index (Phi) is 2.76. The Morgan fingerprint density at radius 2 is 1.91 bits per heavy atom. The minimum absolute atomic E-state index is 0.119. The number of fused-ring (bicyclic) bond motifs is 2. The van der Waals surface area contributed by atoms with Gasteiger partial charge < -0.3 is 0 Å². The van der Waals surface area contributed by atoms with Gasteiger partial charge in [0.05, 0.1) is 11.1 Å². The summed E-state index contributed by atoms with van der Waals surface area (Å²) in [5, 5.41) is 0. The van der Waals surface area contributed by atoms with Gasteiger partial charge in [-0.1, -0.05) is 12.8 Å². The molecule has 0 saturated heterocycles. The van der Waals surface area contributed by atoms with E-state index in [0.29, 0.717) is 11.5 Å². The number of hydrogen-bond acceptors (Lipinski definition) is 3. The van der Waals surface area contributed by atoms with Gasteiger partial charge in [0, 0.05) is 17.8 Å². The topological polar surface area (TPSA) is 46.1 Å². The van der Waals surface area contributed by atoms with E-state index in [1.54, 1.807) is 6.20 Å². The third-order valence-corrected chi connectivity index (χ3v) is 4.65. The molecule has 22 heavy (non-hydrogen) atoms. The molecule has 1 spiro atoms. The molecule has 0 unspecified atom stereocenters. The summed E-state index contributed by atoms with van der Waals surface area (Å²) in [6.07, 6.45) is 6.45. The van der Waals surface area contributed by atoms with Crippen molar-refractivity contribution in [2.24, 2.45) is 0 Å². The largest absolute Gasteiger partial charge is 0.273 e. The number of benzene rings is 1. The fraction of sp³-hybridized carbons (Fsp3) is 0.312. The van der Waals surface area contributed by atoms with Crippen LogP contribution in [0.3, 0.4) is 0 Å². The maximum atomic E-state index is 13.6. The first kappa shape index (κ1) is 13.3. The average molecular weight is 301 g/mol. The van der Waals surface area contributed by atoms with Crippen LogP contribution >= 0.6 is 0 Å². The van der Waals surface area contributed by atoms with Gasteiger partial charge in [0.15, 0.2) is 11.6 Å². The molecule has 1 saturated carbocycles. The van der Waals surface area contributed by atoms with Crippen molar-refractivity contribution >= 4 is 17.4 Å². The number of aromatic nitrogens is 2. The Hall–Kier alpha value is -2.37. The summed E-state index contributed by atoms with van der Waals surface area (Å²) in [5.41, 5.74) is 0.483. The summed E-state index contributed by atoms with van der Waals surface area (Å²) >= 11 is 0. The molecule has 0 atom stereocenters. The van der Waals surface area contributed by atoms with Crippen molar-refractivity contribution in [3.63, 3.8) is 0 Å². The standard InChI is InChI=1S/C16H13F2N3O/c17-12-4-3-10(7-13(12)18)21-14-11(8-19-9-20-14)16(15(21)22)5-1-2-6-16/h3-4,7-9H,1-2,5-6H2. The minimum atomic E-state index is -0.978. The monoisotopic (exact) mass is 301 g/mol. The number of anilines is 2. The van der Waals surface area contributed by atoms with E-state index < -0.39 is 17.0 Å². The number of amides is 1. The maximum absolute atomic E-state index is 13.6.